The van der Waals surface area contributed by atoms with Gasteiger partial charge in [-0.3, -0.25) is 20.7 Å². The number of aliphatic hydroxyl groups is 2. The summed E-state index contributed by atoms with van der Waals surface area (Å²) in [6.45, 7) is 5.26. The van der Waals surface area contributed by atoms with Gasteiger partial charge in [0.2, 0.25) is 0 Å². The molecule has 0 aromatic heterocycles. The van der Waals surface area contributed by atoms with E-state index < -0.39 is 24.5 Å². The Balaban J connectivity index is 1.09. The number of unbranched alkanes of at least 4 members (excludes halogenated alkanes) is 1. The highest BCUT2D eigenvalue weighted by Crippen LogP contribution is 2.29. The second-order valence-corrected chi connectivity index (χ2v) is 11.6. The molecule has 0 aromatic carbocycles. The Morgan fingerprint density at radius 2 is 1.90 bits per heavy atom. The fourth-order valence-electron chi connectivity index (χ4n) is 6.10. The molecule has 4 aliphatic rings. The van der Waals surface area contributed by atoms with Crippen LogP contribution in [0.4, 0.5) is 4.79 Å². The molecule has 0 bridgehead atoms. The van der Waals surface area contributed by atoms with Crippen molar-refractivity contribution >= 4 is 12.0 Å². The SMILES string of the molecule is CCCCOC(=O)C1CCC(NC(=O)NCCCN(C)CC2O[C@@H](N3CNC4C(N)NCNC43)[C@H](O)[C@@H]2O)CC1. The molecule has 1 saturated carbocycles. The van der Waals surface area contributed by atoms with E-state index in [1.807, 2.05) is 16.8 Å². The molecule has 0 spiro atoms. The number of nitrogens with one attached hydrogen (secondary N) is 5. The number of esters is 1. The quantitative estimate of drug-likeness (QED) is 0.0950. The zero-order chi connectivity index (χ0) is 28.6. The summed E-state index contributed by atoms with van der Waals surface area (Å²) in [6.07, 6.45) is 2.13. The minimum atomic E-state index is -1.03. The van der Waals surface area contributed by atoms with Gasteiger partial charge >= 0.3 is 12.0 Å². The van der Waals surface area contributed by atoms with Crippen LogP contribution in [-0.2, 0) is 14.3 Å². The van der Waals surface area contributed by atoms with Gasteiger partial charge in [0.15, 0.2) is 0 Å². The van der Waals surface area contributed by atoms with Crippen molar-refractivity contribution in [2.24, 2.45) is 11.7 Å². The Hall–Kier alpha value is -1.62. The molecule has 4 unspecified atom stereocenters. The van der Waals surface area contributed by atoms with Crippen LogP contribution in [0.5, 0.6) is 0 Å². The largest absolute Gasteiger partial charge is 0.465 e. The molecule has 4 rings (SSSR count). The number of amides is 2. The number of likely N-dealkylation sites (N-methyl/N-ethyl adjacent to an activating group) is 1. The first-order valence-electron chi connectivity index (χ1n) is 14.9. The minimum absolute atomic E-state index is 0.0257. The predicted octanol–water partition coefficient (Wildman–Crippen LogP) is -2.05. The predicted molar refractivity (Wildman–Crippen MR) is 147 cm³/mol. The number of carbonyl (C=O) groups is 2. The van der Waals surface area contributed by atoms with Crippen LogP contribution in [0.2, 0.25) is 0 Å². The molecule has 3 heterocycles. The van der Waals surface area contributed by atoms with Crippen molar-refractivity contribution in [1.82, 2.24) is 36.4 Å². The van der Waals surface area contributed by atoms with Gasteiger partial charge in [-0.2, -0.15) is 0 Å². The number of urea groups is 1. The molecule has 3 aliphatic heterocycles. The lowest BCUT2D eigenvalue weighted by Crippen LogP contribution is -2.68. The van der Waals surface area contributed by atoms with Crippen molar-refractivity contribution in [2.45, 2.75) is 101 Å². The van der Waals surface area contributed by atoms with Crippen molar-refractivity contribution in [2.75, 3.05) is 46.6 Å². The molecule has 230 valence electrons. The summed E-state index contributed by atoms with van der Waals surface area (Å²) >= 11 is 0. The van der Waals surface area contributed by atoms with Crippen LogP contribution in [-0.4, -0.2) is 128 Å². The first-order chi connectivity index (χ1) is 19.3. The van der Waals surface area contributed by atoms with Gasteiger partial charge in [-0.25, -0.2) is 9.69 Å². The highest BCUT2D eigenvalue weighted by atomic mass is 16.6. The Morgan fingerprint density at radius 1 is 1.12 bits per heavy atom. The maximum Gasteiger partial charge on any atom is 0.315 e. The van der Waals surface area contributed by atoms with Crippen LogP contribution in [0.3, 0.4) is 0 Å². The van der Waals surface area contributed by atoms with Gasteiger partial charge in [0.25, 0.3) is 0 Å². The van der Waals surface area contributed by atoms with E-state index in [0.717, 1.165) is 44.9 Å². The van der Waals surface area contributed by atoms with Gasteiger partial charge < -0.3 is 41.0 Å². The lowest BCUT2D eigenvalue weighted by atomic mass is 9.86. The monoisotopic (exact) mass is 570 g/mol. The standard InChI is InChI=1S/C26H50N8O6/c1-3-4-12-39-25(37)16-6-8-17(9-7-16)32-26(38)28-10-5-11-33(2)13-18-20(35)21(36)24(40-18)34-15-31-19-22(27)29-14-30-23(19)34/h16-24,29-31,35-36H,3-15,27H2,1-2H3,(H2,28,32,38)/t16?,17?,18?,19?,20-,21-,22?,23?,24-/m1/s1. The third-order valence-electron chi connectivity index (χ3n) is 8.54. The summed E-state index contributed by atoms with van der Waals surface area (Å²) in [4.78, 5) is 28.5. The molecule has 2 amide bonds. The van der Waals surface area contributed by atoms with Crippen LogP contribution >= 0.6 is 0 Å². The van der Waals surface area contributed by atoms with E-state index in [-0.39, 0.29) is 42.3 Å². The Kier molecular flexibility index (Phi) is 11.8. The zero-order valence-electron chi connectivity index (χ0n) is 23.9. The van der Waals surface area contributed by atoms with Gasteiger partial charge in [-0.15, -0.1) is 0 Å². The summed E-state index contributed by atoms with van der Waals surface area (Å²) in [5.41, 5.74) is 6.15. The number of hydrogen-bond donors (Lipinski definition) is 8. The Labute approximate surface area is 237 Å². The van der Waals surface area contributed by atoms with Crippen LogP contribution in [0.1, 0.15) is 51.9 Å². The van der Waals surface area contributed by atoms with Crippen molar-refractivity contribution in [3.05, 3.63) is 0 Å². The Morgan fingerprint density at radius 3 is 2.65 bits per heavy atom. The lowest BCUT2D eigenvalue weighted by molar-refractivity contribution is -0.149. The van der Waals surface area contributed by atoms with Crippen LogP contribution in [0.15, 0.2) is 0 Å². The van der Waals surface area contributed by atoms with E-state index >= 15 is 0 Å². The minimum Gasteiger partial charge on any atom is -0.465 e. The second kappa shape index (κ2) is 15.0. The third kappa shape index (κ3) is 8.01. The van der Waals surface area contributed by atoms with E-state index in [9.17, 15) is 19.8 Å². The molecular formula is C26H50N8O6. The van der Waals surface area contributed by atoms with E-state index in [1.165, 1.54) is 0 Å². The van der Waals surface area contributed by atoms with E-state index in [1.54, 1.807) is 0 Å². The first kappa shape index (κ1) is 31.3. The van der Waals surface area contributed by atoms with Gasteiger partial charge in [-0.05, 0) is 52.1 Å². The van der Waals surface area contributed by atoms with Gasteiger partial charge in [0, 0.05) is 25.8 Å². The number of hydrogen-bond acceptors (Lipinski definition) is 12. The summed E-state index contributed by atoms with van der Waals surface area (Å²) in [5.74, 6) is -0.165. The molecule has 14 heteroatoms. The number of fused-ring (bicyclic) bond motifs is 1. The molecular weight excluding hydrogens is 520 g/mol. The van der Waals surface area contributed by atoms with E-state index in [0.29, 0.717) is 39.6 Å². The molecule has 14 nitrogen and oxygen atoms in total. The lowest BCUT2D eigenvalue weighted by Gasteiger charge is -2.38. The average Bonchev–Trinajstić information content (AvgIpc) is 3.49. The molecule has 40 heavy (non-hydrogen) atoms. The Bertz CT molecular complexity index is 818. The van der Waals surface area contributed by atoms with Crippen LogP contribution in [0, 0.1) is 5.92 Å². The summed E-state index contributed by atoms with van der Waals surface area (Å²) in [6, 6.07) is -0.150. The fourth-order valence-corrected chi connectivity index (χ4v) is 6.10. The maximum atomic E-state index is 12.4. The zero-order valence-corrected chi connectivity index (χ0v) is 23.9. The molecule has 0 aromatic rings. The molecule has 1 aliphatic carbocycles. The van der Waals surface area contributed by atoms with Gasteiger partial charge in [0.1, 0.15) is 24.5 Å². The molecule has 0 radical (unpaired) electrons. The van der Waals surface area contributed by atoms with Crippen LogP contribution in [0.25, 0.3) is 0 Å². The molecule has 9 N–H and O–H groups in total. The molecule has 7 atom stereocenters. The normalized spacial score (nSPS) is 36.4. The van der Waals surface area contributed by atoms with Crippen molar-refractivity contribution in [3.63, 3.8) is 0 Å². The van der Waals surface area contributed by atoms with E-state index in [2.05, 4.69) is 33.5 Å². The molecule has 4 fully saturated rings. The van der Waals surface area contributed by atoms with Crippen molar-refractivity contribution in [3.8, 4) is 0 Å². The summed E-state index contributed by atoms with van der Waals surface area (Å²) in [7, 11) is 1.93. The highest BCUT2D eigenvalue weighted by Gasteiger charge is 2.51. The number of carbonyl (C=O) groups excluding carboxylic acids is 2. The smallest absolute Gasteiger partial charge is 0.315 e. The van der Waals surface area contributed by atoms with Gasteiger partial charge in [0.05, 0.1) is 37.6 Å². The number of ether oxygens (including phenoxy) is 2. The fraction of sp³-hybridized carbons (Fsp3) is 0.923. The van der Waals surface area contributed by atoms with E-state index in [4.69, 9.17) is 15.2 Å². The number of nitrogens with zero attached hydrogens (tertiary/aromatic N) is 2. The van der Waals surface area contributed by atoms with Crippen LogP contribution < -0.4 is 32.3 Å². The number of aliphatic hydroxyl groups excluding tert-OH is 2. The van der Waals surface area contributed by atoms with Crippen molar-refractivity contribution in [1.29, 1.82) is 0 Å². The average molecular weight is 571 g/mol. The maximum absolute atomic E-state index is 12.4. The number of rotatable bonds is 12. The topological polar surface area (TPSA) is 186 Å². The first-order valence-corrected chi connectivity index (χ1v) is 14.9. The van der Waals surface area contributed by atoms with Crippen molar-refractivity contribution < 1.29 is 29.3 Å². The second-order valence-electron chi connectivity index (χ2n) is 11.6. The summed E-state index contributed by atoms with van der Waals surface area (Å²) < 4.78 is 11.5. The third-order valence-corrected chi connectivity index (χ3v) is 8.54. The highest BCUT2D eigenvalue weighted by molar-refractivity contribution is 5.74. The summed E-state index contributed by atoms with van der Waals surface area (Å²) in [5, 5.41) is 37.2. The molecule has 3 saturated heterocycles. The number of nitrogens with two attached hydrogens (primary N) is 1. The van der Waals surface area contributed by atoms with Gasteiger partial charge in [-0.1, -0.05) is 13.3 Å².